The van der Waals surface area contributed by atoms with Crippen LogP contribution in [0.2, 0.25) is 0 Å². The van der Waals surface area contributed by atoms with Crippen LogP contribution in [0.15, 0.2) is 61.2 Å². The van der Waals surface area contributed by atoms with Crippen LogP contribution in [0.4, 0.5) is 5.82 Å². The minimum absolute atomic E-state index is 0.0506. The van der Waals surface area contributed by atoms with Crippen LogP contribution < -0.4 is 5.73 Å². The summed E-state index contributed by atoms with van der Waals surface area (Å²) in [6.45, 7) is 3.34. The molecule has 3 atom stereocenters. The van der Waals surface area contributed by atoms with Gasteiger partial charge in [0.1, 0.15) is 12.1 Å². The van der Waals surface area contributed by atoms with Crippen molar-refractivity contribution in [2.24, 2.45) is 0 Å². The highest BCUT2D eigenvalue weighted by Crippen LogP contribution is 2.35. The highest BCUT2D eigenvalue weighted by molar-refractivity contribution is 6.00. The number of pyridine rings is 1. The zero-order valence-corrected chi connectivity index (χ0v) is 22.6. The van der Waals surface area contributed by atoms with E-state index in [1.165, 1.54) is 17.8 Å². The van der Waals surface area contributed by atoms with Crippen LogP contribution in [0.3, 0.4) is 0 Å². The Balaban J connectivity index is 1.35. The number of nitrogens with two attached hydrogens (primary N) is 1. The molecule has 5 aromatic rings. The number of aromatic nitrogens is 7. The number of hydrogen-bond acceptors (Lipinski definition) is 9. The van der Waals surface area contributed by atoms with Gasteiger partial charge in [-0.05, 0) is 39.2 Å². The lowest BCUT2D eigenvalue weighted by atomic mass is 9.99. The fraction of sp³-hybridized carbons (Fsp3) is 0.276. The van der Waals surface area contributed by atoms with Gasteiger partial charge in [0.05, 0.1) is 29.3 Å². The number of nitrogens with one attached hydrogen (secondary N) is 1. The van der Waals surface area contributed by atoms with Gasteiger partial charge in [-0.15, -0.1) is 10.2 Å². The molecule has 5 heterocycles. The van der Waals surface area contributed by atoms with Crippen molar-refractivity contribution in [2.45, 2.75) is 51.3 Å². The second kappa shape index (κ2) is 10.5. The molecule has 0 radical (unpaired) electrons. The summed E-state index contributed by atoms with van der Waals surface area (Å²) in [5.41, 5.74) is 10.3. The van der Waals surface area contributed by atoms with Crippen LogP contribution in [0.1, 0.15) is 65.9 Å². The highest BCUT2D eigenvalue weighted by Gasteiger charge is 2.38. The number of Topliss-reactive ketones (excluding diaryl/α,β-unsaturated/α-hetero) is 1. The zero-order valence-electron chi connectivity index (χ0n) is 22.6. The third-order valence-electron chi connectivity index (χ3n) is 7.66. The maximum atomic E-state index is 13.1. The molecule has 41 heavy (non-hydrogen) atoms. The lowest BCUT2D eigenvalue weighted by molar-refractivity contribution is 0.0584. The predicted octanol–water partition coefficient (Wildman–Crippen LogP) is 3.48. The minimum atomic E-state index is -1.16. The molecule has 208 valence electrons. The first-order valence-electron chi connectivity index (χ1n) is 13.4. The van der Waals surface area contributed by atoms with E-state index in [0.717, 1.165) is 23.2 Å². The summed E-state index contributed by atoms with van der Waals surface area (Å²) in [5, 5.41) is 23.5. The molecule has 1 fully saturated rings. The van der Waals surface area contributed by atoms with Crippen LogP contribution in [-0.2, 0) is 0 Å². The monoisotopic (exact) mass is 551 g/mol. The number of hydrogen-bond donors (Lipinski definition) is 3. The number of carbonyl (C=O) groups excluding carboxylic acids is 2. The topological polar surface area (TPSA) is 168 Å². The Morgan fingerprint density at radius 2 is 1.93 bits per heavy atom. The number of likely N-dealkylation sites (tertiary alicyclic amines) is 1. The van der Waals surface area contributed by atoms with E-state index >= 15 is 0 Å². The molecule has 0 spiro atoms. The van der Waals surface area contributed by atoms with Gasteiger partial charge in [0.15, 0.2) is 11.4 Å². The van der Waals surface area contributed by atoms with Crippen molar-refractivity contribution in [2.75, 3.05) is 5.73 Å². The van der Waals surface area contributed by atoms with E-state index in [-0.39, 0.29) is 53.1 Å². The van der Waals surface area contributed by atoms with E-state index in [1.54, 1.807) is 17.3 Å². The molecule has 1 aliphatic rings. The Morgan fingerprint density at radius 1 is 1.12 bits per heavy atom. The number of anilines is 1. The van der Waals surface area contributed by atoms with Crippen molar-refractivity contribution in [1.29, 1.82) is 0 Å². The Bertz CT molecular complexity index is 1720. The van der Waals surface area contributed by atoms with Gasteiger partial charge in [0.2, 0.25) is 5.82 Å². The third-order valence-corrected chi connectivity index (χ3v) is 7.66. The van der Waals surface area contributed by atoms with Crippen LogP contribution in [0.5, 0.6) is 0 Å². The van der Waals surface area contributed by atoms with Crippen molar-refractivity contribution in [1.82, 2.24) is 39.7 Å². The molecular formula is C29H29N9O3. The van der Waals surface area contributed by atoms with Crippen molar-refractivity contribution in [3.63, 3.8) is 0 Å². The van der Waals surface area contributed by atoms with Crippen molar-refractivity contribution in [3.8, 4) is 22.4 Å². The normalized spacial score (nSPS) is 17.7. The first kappa shape index (κ1) is 26.3. The van der Waals surface area contributed by atoms with Gasteiger partial charge < -0.3 is 20.7 Å². The van der Waals surface area contributed by atoms with Gasteiger partial charge in [0.25, 0.3) is 5.91 Å². The Kier molecular flexibility index (Phi) is 6.75. The number of H-pyrrole nitrogens is 1. The maximum absolute atomic E-state index is 13.1. The van der Waals surface area contributed by atoms with Gasteiger partial charge in [-0.25, -0.2) is 4.98 Å². The fourth-order valence-electron chi connectivity index (χ4n) is 5.64. The second-order valence-corrected chi connectivity index (χ2v) is 10.3. The second-order valence-electron chi connectivity index (χ2n) is 10.3. The lowest BCUT2D eigenvalue weighted by Gasteiger charge is -2.29. The molecule has 1 amide bonds. The lowest BCUT2D eigenvalue weighted by Crippen LogP contribution is -2.41. The quantitative estimate of drug-likeness (QED) is 0.256. The molecule has 0 unspecified atom stereocenters. The summed E-state index contributed by atoms with van der Waals surface area (Å²) in [5.74, 6) is -0.400. The number of nitrogens with zero attached hydrogens (tertiary/aromatic N) is 7. The highest BCUT2D eigenvalue weighted by atomic mass is 16.3. The third kappa shape index (κ3) is 4.72. The number of carbonyl (C=O) groups is 2. The number of aliphatic hydroxyl groups excluding tert-OH is 1. The number of fused-ring (bicyclic) bond motifs is 1. The Hall–Kier alpha value is -4.97. The summed E-state index contributed by atoms with van der Waals surface area (Å²) in [7, 11) is 0. The first-order chi connectivity index (χ1) is 19.8. The molecule has 0 saturated carbocycles. The molecule has 6 rings (SSSR count). The van der Waals surface area contributed by atoms with Crippen LogP contribution in [0.25, 0.3) is 28.0 Å². The van der Waals surface area contributed by atoms with Gasteiger partial charge >= 0.3 is 0 Å². The number of benzene rings is 1. The van der Waals surface area contributed by atoms with Crippen molar-refractivity contribution < 1.29 is 14.7 Å². The summed E-state index contributed by atoms with van der Waals surface area (Å²) in [4.78, 5) is 39.7. The first-order valence-corrected chi connectivity index (χ1v) is 13.4. The Labute approximate surface area is 235 Å². The molecule has 0 bridgehead atoms. The van der Waals surface area contributed by atoms with Crippen LogP contribution in [0, 0.1) is 0 Å². The van der Waals surface area contributed by atoms with E-state index in [1.807, 2.05) is 49.4 Å². The SMILES string of the molecule is CC(=O)c1c([C@H](O)C[C@H]2CC[C@@H](C)N2C(=O)c2nnc[nH]2)nc2c(-c3ccc(-c4ccccc4)nc3)cnn2c1N. The molecule has 1 aromatic carbocycles. The Morgan fingerprint density at radius 3 is 2.61 bits per heavy atom. The molecule has 0 aliphatic carbocycles. The molecule has 4 aromatic heterocycles. The number of aliphatic hydroxyl groups is 1. The van der Waals surface area contributed by atoms with Gasteiger partial charge in [-0.3, -0.25) is 14.6 Å². The van der Waals surface area contributed by atoms with Gasteiger partial charge in [0, 0.05) is 35.0 Å². The van der Waals surface area contributed by atoms with E-state index in [4.69, 9.17) is 10.7 Å². The maximum Gasteiger partial charge on any atom is 0.292 e. The number of aromatic amines is 1. The smallest absolute Gasteiger partial charge is 0.292 e. The van der Waals surface area contributed by atoms with Crippen molar-refractivity contribution in [3.05, 3.63) is 78.3 Å². The van der Waals surface area contributed by atoms with Gasteiger partial charge in [-0.1, -0.05) is 36.4 Å². The molecule has 4 N–H and O–H groups in total. The number of ketones is 1. The number of rotatable bonds is 7. The molecule has 1 aliphatic heterocycles. The zero-order chi connectivity index (χ0) is 28.7. The number of amides is 1. The minimum Gasteiger partial charge on any atom is -0.387 e. The molecule has 12 heteroatoms. The van der Waals surface area contributed by atoms with E-state index in [9.17, 15) is 14.7 Å². The molecule has 1 saturated heterocycles. The summed E-state index contributed by atoms with van der Waals surface area (Å²) in [6.07, 6.45) is 5.17. The summed E-state index contributed by atoms with van der Waals surface area (Å²) in [6, 6.07) is 13.3. The largest absolute Gasteiger partial charge is 0.387 e. The standard InChI is InChI=1S/C29H29N9O3/c1-16-8-10-20(37(16)29(41)27-32-15-33-36-27)12-23(40)25-24(17(2)39)26(30)38-28(35-25)21(14-34-38)19-9-11-22(31-13-19)18-6-4-3-5-7-18/h3-7,9,11,13-16,20,23,40H,8,10,12,30H2,1-2H3,(H,32,33,36)/t16-,20-,23-/m1/s1. The van der Waals surface area contributed by atoms with Crippen LogP contribution >= 0.6 is 0 Å². The van der Waals surface area contributed by atoms with E-state index in [0.29, 0.717) is 17.6 Å². The summed E-state index contributed by atoms with van der Waals surface area (Å²) < 4.78 is 1.41. The number of nitrogen functional groups attached to an aromatic ring is 1. The molecule has 12 nitrogen and oxygen atoms in total. The van der Waals surface area contributed by atoms with Gasteiger partial charge in [-0.2, -0.15) is 9.61 Å². The van der Waals surface area contributed by atoms with E-state index in [2.05, 4.69) is 25.3 Å². The average molecular weight is 552 g/mol. The molecular weight excluding hydrogens is 522 g/mol. The summed E-state index contributed by atoms with van der Waals surface area (Å²) >= 11 is 0. The fourth-order valence-corrected chi connectivity index (χ4v) is 5.64. The average Bonchev–Trinajstić information content (AvgIpc) is 3.74. The van der Waals surface area contributed by atoms with Crippen molar-refractivity contribution >= 4 is 23.2 Å². The van der Waals surface area contributed by atoms with E-state index < -0.39 is 6.10 Å². The predicted molar refractivity (Wildman–Crippen MR) is 151 cm³/mol. The van der Waals surface area contributed by atoms with Crippen LogP contribution in [-0.4, -0.2) is 68.5 Å².